The van der Waals surface area contributed by atoms with Gasteiger partial charge in [0.05, 0.1) is 12.5 Å². The first-order valence-corrected chi connectivity index (χ1v) is 6.16. The number of rotatable bonds is 8. The minimum absolute atomic E-state index is 0.0408. The van der Waals surface area contributed by atoms with Crippen molar-refractivity contribution in [1.82, 2.24) is 10.2 Å². The summed E-state index contributed by atoms with van der Waals surface area (Å²) >= 11 is 0. The number of nitrogens with zero attached hydrogens (tertiary/aromatic N) is 1. The molecule has 0 aromatic heterocycles. The Morgan fingerprint density at radius 1 is 1.29 bits per heavy atom. The molecule has 17 heavy (non-hydrogen) atoms. The Hall–Kier alpha value is -1.10. The van der Waals surface area contributed by atoms with Crippen LogP contribution in [0.2, 0.25) is 0 Å². The Balaban J connectivity index is 4.17. The summed E-state index contributed by atoms with van der Waals surface area (Å²) in [5.41, 5.74) is 0. The Labute approximate surface area is 103 Å². The molecule has 0 aliphatic carbocycles. The van der Waals surface area contributed by atoms with Crippen molar-refractivity contribution in [1.29, 1.82) is 0 Å². The zero-order valence-corrected chi connectivity index (χ0v) is 11.2. The first-order chi connectivity index (χ1) is 7.92. The van der Waals surface area contributed by atoms with Gasteiger partial charge in [-0.05, 0) is 20.3 Å². The quantitative estimate of drug-likeness (QED) is 0.667. The first-order valence-electron chi connectivity index (χ1n) is 6.16. The van der Waals surface area contributed by atoms with Gasteiger partial charge in [0.15, 0.2) is 0 Å². The highest BCUT2D eigenvalue weighted by molar-refractivity contribution is 5.79. The van der Waals surface area contributed by atoms with Crippen LogP contribution in [-0.2, 0) is 9.59 Å². The number of carbonyl (C=O) groups is 2. The maximum Gasteiger partial charge on any atom is 0.308 e. The Morgan fingerprint density at radius 3 is 2.29 bits per heavy atom. The molecule has 2 atom stereocenters. The molecular formula is C12H24N2O3. The molecule has 2 N–H and O–H groups in total. The first kappa shape index (κ1) is 15.9. The summed E-state index contributed by atoms with van der Waals surface area (Å²) in [5, 5.41) is 11.9. The Bertz CT molecular complexity index is 256. The van der Waals surface area contributed by atoms with E-state index in [1.807, 2.05) is 20.8 Å². The van der Waals surface area contributed by atoms with Crippen LogP contribution in [0.1, 0.15) is 34.1 Å². The zero-order chi connectivity index (χ0) is 13.4. The largest absolute Gasteiger partial charge is 0.481 e. The molecule has 0 heterocycles. The minimum Gasteiger partial charge on any atom is -0.481 e. The van der Waals surface area contributed by atoms with Gasteiger partial charge < -0.3 is 15.3 Å². The molecule has 5 nitrogen and oxygen atoms in total. The van der Waals surface area contributed by atoms with E-state index in [-0.39, 0.29) is 19.0 Å². The number of carboxylic acid groups (broad SMARTS) is 1. The van der Waals surface area contributed by atoms with E-state index in [9.17, 15) is 9.59 Å². The number of aliphatic carboxylic acids is 1. The van der Waals surface area contributed by atoms with Gasteiger partial charge in [0.2, 0.25) is 5.91 Å². The lowest BCUT2D eigenvalue weighted by atomic mass is 10.1. The molecule has 0 saturated heterocycles. The Kier molecular flexibility index (Phi) is 7.54. The smallest absolute Gasteiger partial charge is 0.308 e. The fourth-order valence-corrected chi connectivity index (χ4v) is 1.33. The van der Waals surface area contributed by atoms with Crippen LogP contribution in [0, 0.1) is 5.92 Å². The zero-order valence-electron chi connectivity index (χ0n) is 11.2. The second-order valence-electron chi connectivity index (χ2n) is 4.36. The predicted molar refractivity (Wildman–Crippen MR) is 66.8 cm³/mol. The Morgan fingerprint density at radius 2 is 1.88 bits per heavy atom. The summed E-state index contributed by atoms with van der Waals surface area (Å²) in [4.78, 5) is 24.1. The van der Waals surface area contributed by atoms with Gasteiger partial charge in [-0.2, -0.15) is 0 Å². The molecule has 0 aliphatic rings. The van der Waals surface area contributed by atoms with Crippen LogP contribution < -0.4 is 5.32 Å². The molecule has 5 heteroatoms. The maximum absolute atomic E-state index is 11.8. The van der Waals surface area contributed by atoms with Crippen molar-refractivity contribution in [2.24, 2.45) is 5.92 Å². The lowest BCUT2D eigenvalue weighted by Crippen LogP contribution is -2.43. The molecule has 0 aromatic carbocycles. The second kappa shape index (κ2) is 8.06. The van der Waals surface area contributed by atoms with Crippen LogP contribution in [0.25, 0.3) is 0 Å². The molecule has 0 spiro atoms. The van der Waals surface area contributed by atoms with Crippen molar-refractivity contribution >= 4 is 11.9 Å². The summed E-state index contributed by atoms with van der Waals surface area (Å²) in [6, 6.07) is 0.301. The van der Waals surface area contributed by atoms with Gasteiger partial charge in [0.1, 0.15) is 0 Å². The van der Waals surface area contributed by atoms with Crippen molar-refractivity contribution in [3.8, 4) is 0 Å². The monoisotopic (exact) mass is 244 g/mol. The van der Waals surface area contributed by atoms with Crippen LogP contribution in [0.4, 0.5) is 0 Å². The number of amides is 1. The third-order valence-electron chi connectivity index (χ3n) is 2.86. The molecule has 1 amide bonds. The van der Waals surface area contributed by atoms with Gasteiger partial charge in [-0.15, -0.1) is 0 Å². The number of hydrogen-bond donors (Lipinski definition) is 2. The molecular weight excluding hydrogens is 220 g/mol. The molecule has 100 valence electrons. The standard InChI is InChI=1S/C12H24N2O3/c1-5-10(4)13-7-11(15)14(6-2)8-9(3)12(16)17/h9-10,13H,5-8H2,1-4H3,(H,16,17). The number of carboxylic acids is 1. The SMILES string of the molecule is CCC(C)NCC(=O)N(CC)CC(C)C(=O)O. The van der Waals surface area contributed by atoms with E-state index in [0.29, 0.717) is 12.6 Å². The molecule has 0 bridgehead atoms. The van der Waals surface area contributed by atoms with E-state index in [4.69, 9.17) is 5.11 Å². The summed E-state index contributed by atoms with van der Waals surface area (Å²) < 4.78 is 0. The van der Waals surface area contributed by atoms with E-state index < -0.39 is 11.9 Å². The normalized spacial score (nSPS) is 14.1. The maximum atomic E-state index is 11.8. The summed E-state index contributed by atoms with van der Waals surface area (Å²) in [6.45, 7) is 8.62. The van der Waals surface area contributed by atoms with Gasteiger partial charge in [0, 0.05) is 19.1 Å². The number of nitrogens with one attached hydrogen (secondary N) is 1. The highest BCUT2D eigenvalue weighted by atomic mass is 16.4. The van der Waals surface area contributed by atoms with Crippen molar-refractivity contribution in [3.05, 3.63) is 0 Å². The fraction of sp³-hybridized carbons (Fsp3) is 0.833. The minimum atomic E-state index is -0.869. The highest BCUT2D eigenvalue weighted by Gasteiger charge is 2.19. The average molecular weight is 244 g/mol. The summed E-state index contributed by atoms with van der Waals surface area (Å²) in [6.07, 6.45) is 0.963. The number of likely N-dealkylation sites (N-methyl/N-ethyl adjacent to an activating group) is 1. The molecule has 0 saturated carbocycles. The van der Waals surface area contributed by atoms with Crippen molar-refractivity contribution in [3.63, 3.8) is 0 Å². The van der Waals surface area contributed by atoms with Crippen LogP contribution in [-0.4, -0.2) is 47.6 Å². The lowest BCUT2D eigenvalue weighted by Gasteiger charge is -2.24. The molecule has 0 rings (SSSR count). The molecule has 2 unspecified atom stereocenters. The van der Waals surface area contributed by atoms with E-state index in [2.05, 4.69) is 5.32 Å². The van der Waals surface area contributed by atoms with E-state index >= 15 is 0 Å². The molecule has 0 aliphatic heterocycles. The van der Waals surface area contributed by atoms with Gasteiger partial charge >= 0.3 is 5.97 Å². The van der Waals surface area contributed by atoms with Crippen LogP contribution in [0.15, 0.2) is 0 Å². The van der Waals surface area contributed by atoms with Gasteiger partial charge in [-0.1, -0.05) is 13.8 Å². The van der Waals surface area contributed by atoms with Gasteiger partial charge in [0.25, 0.3) is 0 Å². The molecule has 0 fully saturated rings. The second-order valence-corrected chi connectivity index (χ2v) is 4.36. The van der Waals surface area contributed by atoms with E-state index in [0.717, 1.165) is 6.42 Å². The average Bonchev–Trinajstić information content (AvgIpc) is 2.31. The van der Waals surface area contributed by atoms with Crippen molar-refractivity contribution in [2.45, 2.75) is 40.2 Å². The van der Waals surface area contributed by atoms with Crippen LogP contribution in [0.5, 0.6) is 0 Å². The third-order valence-corrected chi connectivity index (χ3v) is 2.86. The predicted octanol–water partition coefficient (Wildman–Crippen LogP) is 0.944. The number of carbonyl (C=O) groups excluding carboxylic acids is 1. The topological polar surface area (TPSA) is 69.6 Å². The van der Waals surface area contributed by atoms with Crippen molar-refractivity contribution < 1.29 is 14.7 Å². The highest BCUT2D eigenvalue weighted by Crippen LogP contribution is 2.01. The summed E-state index contributed by atoms with van der Waals surface area (Å²) in [7, 11) is 0. The summed E-state index contributed by atoms with van der Waals surface area (Å²) in [5.74, 6) is -1.44. The lowest BCUT2D eigenvalue weighted by molar-refractivity contribution is -0.142. The van der Waals surface area contributed by atoms with Gasteiger partial charge in [-0.25, -0.2) is 0 Å². The third kappa shape index (κ3) is 6.26. The van der Waals surface area contributed by atoms with Gasteiger partial charge in [-0.3, -0.25) is 9.59 Å². The fourth-order valence-electron chi connectivity index (χ4n) is 1.33. The number of hydrogen-bond acceptors (Lipinski definition) is 3. The van der Waals surface area contributed by atoms with E-state index in [1.165, 1.54) is 0 Å². The molecule has 0 radical (unpaired) electrons. The van der Waals surface area contributed by atoms with Crippen LogP contribution >= 0.6 is 0 Å². The van der Waals surface area contributed by atoms with E-state index in [1.54, 1.807) is 11.8 Å². The van der Waals surface area contributed by atoms with Crippen molar-refractivity contribution in [2.75, 3.05) is 19.6 Å². The van der Waals surface area contributed by atoms with Crippen LogP contribution in [0.3, 0.4) is 0 Å². The molecule has 0 aromatic rings.